The van der Waals surface area contributed by atoms with Gasteiger partial charge >= 0.3 is 0 Å². The molecule has 0 bridgehead atoms. The highest BCUT2D eigenvalue weighted by Crippen LogP contribution is 2.37. The second-order valence-electron chi connectivity index (χ2n) is 11.3. The summed E-state index contributed by atoms with van der Waals surface area (Å²) in [6.07, 6.45) is 12.1. The van der Waals surface area contributed by atoms with Crippen LogP contribution in [0, 0.1) is 0 Å². The third-order valence-corrected chi connectivity index (χ3v) is 10.8. The molecule has 0 heterocycles. The minimum Gasteiger partial charge on any atom is -0.506 e. The minimum atomic E-state index is -3.98. The molecule has 0 saturated heterocycles. The molecule has 0 saturated carbocycles. The van der Waals surface area contributed by atoms with E-state index in [1.165, 1.54) is 75.3 Å². The Morgan fingerprint density at radius 3 is 1.91 bits per heavy atom. The minimum absolute atomic E-state index is 0.00899. The smallest absolute Gasteiger partial charge is 0.255 e. The topological polar surface area (TPSA) is 122 Å². The molecule has 1 atom stereocenters. The molecule has 256 valence electrons. The van der Waals surface area contributed by atoms with Gasteiger partial charge in [-0.1, -0.05) is 125 Å². The SMILES string of the molecule is CCCCCCCCCCCCOc1c(Cl)cc(C(=O)Nc2cc(Cl)c(NC(=O)C(CC)S(=O)(=O)c3ccccc3)cc2O)cc1Cl. The highest BCUT2D eigenvalue weighted by molar-refractivity contribution is 7.92. The van der Waals surface area contributed by atoms with Crippen molar-refractivity contribution in [2.24, 2.45) is 0 Å². The number of sulfone groups is 1. The van der Waals surface area contributed by atoms with E-state index in [0.717, 1.165) is 25.3 Å². The van der Waals surface area contributed by atoms with E-state index in [9.17, 15) is 23.1 Å². The van der Waals surface area contributed by atoms with Crippen LogP contribution in [-0.2, 0) is 14.6 Å². The van der Waals surface area contributed by atoms with Crippen LogP contribution in [0.15, 0.2) is 59.5 Å². The number of carbonyl (C=O) groups is 2. The Hall–Kier alpha value is -2.98. The maximum atomic E-state index is 13.1. The van der Waals surface area contributed by atoms with Crippen LogP contribution in [0.4, 0.5) is 11.4 Å². The summed E-state index contributed by atoms with van der Waals surface area (Å²) < 4.78 is 31.9. The van der Waals surface area contributed by atoms with Crippen molar-refractivity contribution < 1.29 is 27.9 Å². The molecule has 0 aliphatic carbocycles. The average Bonchev–Trinajstić information content (AvgIpc) is 3.03. The van der Waals surface area contributed by atoms with E-state index in [-0.39, 0.29) is 43.3 Å². The summed E-state index contributed by atoms with van der Waals surface area (Å²) in [7, 11) is -3.98. The van der Waals surface area contributed by atoms with Crippen LogP contribution >= 0.6 is 34.8 Å². The van der Waals surface area contributed by atoms with E-state index >= 15 is 0 Å². The molecule has 0 fully saturated rings. The second-order valence-corrected chi connectivity index (χ2v) is 14.7. The number of benzene rings is 3. The Labute approximate surface area is 293 Å². The number of hydrogen-bond acceptors (Lipinski definition) is 6. The predicted molar refractivity (Wildman–Crippen MR) is 191 cm³/mol. The normalized spacial score (nSPS) is 12.0. The summed E-state index contributed by atoms with van der Waals surface area (Å²) in [5.41, 5.74) is 0.0513. The molecule has 3 aromatic carbocycles. The van der Waals surface area contributed by atoms with Gasteiger partial charge in [-0.3, -0.25) is 9.59 Å². The third kappa shape index (κ3) is 11.3. The summed E-state index contributed by atoms with van der Waals surface area (Å²) >= 11 is 19.2. The number of phenolic OH excluding ortho intramolecular Hbond substituents is 1. The van der Waals surface area contributed by atoms with Crippen LogP contribution < -0.4 is 15.4 Å². The van der Waals surface area contributed by atoms with Crippen LogP contribution in [0.25, 0.3) is 0 Å². The van der Waals surface area contributed by atoms with Crippen LogP contribution in [-0.4, -0.2) is 37.2 Å². The van der Waals surface area contributed by atoms with Gasteiger partial charge in [-0.15, -0.1) is 0 Å². The summed E-state index contributed by atoms with van der Waals surface area (Å²) in [5.74, 6) is -1.55. The Kier molecular flexibility index (Phi) is 15.7. The number of rotatable bonds is 19. The van der Waals surface area contributed by atoms with Gasteiger partial charge < -0.3 is 20.5 Å². The van der Waals surface area contributed by atoms with Crippen molar-refractivity contribution in [2.45, 2.75) is 94.6 Å². The van der Waals surface area contributed by atoms with Gasteiger partial charge in [-0.05, 0) is 43.2 Å². The lowest BCUT2D eigenvalue weighted by atomic mass is 10.1. The van der Waals surface area contributed by atoms with E-state index in [1.54, 1.807) is 25.1 Å². The molecule has 3 aromatic rings. The summed E-state index contributed by atoms with van der Waals surface area (Å²) in [5, 5.41) is 14.6. The van der Waals surface area contributed by atoms with Gasteiger partial charge in [0.1, 0.15) is 11.0 Å². The molecule has 0 aliphatic rings. The first-order valence-electron chi connectivity index (χ1n) is 16.0. The van der Waals surface area contributed by atoms with Crippen LogP contribution in [0.5, 0.6) is 11.5 Å². The van der Waals surface area contributed by atoms with Crippen molar-refractivity contribution in [3.63, 3.8) is 0 Å². The number of ether oxygens (including phenoxy) is 1. The van der Waals surface area contributed by atoms with Gasteiger partial charge in [0.2, 0.25) is 5.91 Å². The summed E-state index contributed by atoms with van der Waals surface area (Å²) in [6.45, 7) is 4.26. The fourth-order valence-electron chi connectivity index (χ4n) is 5.08. The Morgan fingerprint density at radius 1 is 0.766 bits per heavy atom. The van der Waals surface area contributed by atoms with Gasteiger partial charge in [-0.2, -0.15) is 0 Å². The molecule has 0 spiro atoms. The van der Waals surface area contributed by atoms with Gasteiger partial charge in [0.25, 0.3) is 5.91 Å². The van der Waals surface area contributed by atoms with Gasteiger partial charge in [0.05, 0.1) is 37.9 Å². The first-order valence-corrected chi connectivity index (χ1v) is 18.7. The second kappa shape index (κ2) is 19.1. The van der Waals surface area contributed by atoms with E-state index in [0.29, 0.717) is 12.4 Å². The molecule has 1 unspecified atom stereocenters. The number of anilines is 2. The molecule has 47 heavy (non-hydrogen) atoms. The lowest BCUT2D eigenvalue weighted by molar-refractivity contribution is -0.115. The van der Waals surface area contributed by atoms with Gasteiger partial charge in [0.15, 0.2) is 15.6 Å². The van der Waals surface area contributed by atoms with Crippen molar-refractivity contribution in [1.82, 2.24) is 0 Å². The first-order chi connectivity index (χ1) is 22.5. The highest BCUT2D eigenvalue weighted by atomic mass is 35.5. The zero-order chi connectivity index (χ0) is 34.4. The van der Waals surface area contributed by atoms with Crippen molar-refractivity contribution in [1.29, 1.82) is 0 Å². The molecular formula is C35H43Cl3N2O6S. The molecular weight excluding hydrogens is 683 g/mol. The van der Waals surface area contributed by atoms with Crippen molar-refractivity contribution in [2.75, 3.05) is 17.2 Å². The molecule has 3 N–H and O–H groups in total. The van der Waals surface area contributed by atoms with Gasteiger partial charge in [-0.25, -0.2) is 8.42 Å². The van der Waals surface area contributed by atoms with Gasteiger partial charge in [0, 0.05) is 11.6 Å². The molecule has 3 rings (SSSR count). The van der Waals surface area contributed by atoms with Crippen LogP contribution in [0.2, 0.25) is 15.1 Å². The highest BCUT2D eigenvalue weighted by Gasteiger charge is 2.33. The zero-order valence-corrected chi connectivity index (χ0v) is 29.9. The number of hydrogen-bond donors (Lipinski definition) is 3. The van der Waals surface area contributed by atoms with Crippen molar-refractivity contribution in [3.05, 3.63) is 75.2 Å². The summed E-state index contributed by atoms with van der Waals surface area (Å²) in [6, 6.07) is 12.9. The Balaban J connectivity index is 1.56. The molecule has 2 amide bonds. The fraction of sp³-hybridized carbons (Fsp3) is 0.429. The Morgan fingerprint density at radius 2 is 1.34 bits per heavy atom. The van der Waals surface area contributed by atoms with E-state index in [2.05, 4.69) is 17.6 Å². The monoisotopic (exact) mass is 724 g/mol. The van der Waals surface area contributed by atoms with Crippen molar-refractivity contribution in [3.8, 4) is 11.5 Å². The predicted octanol–water partition coefficient (Wildman–Crippen LogP) is 10.1. The first kappa shape index (κ1) is 38.5. The number of unbranched alkanes of at least 4 members (excludes halogenated alkanes) is 9. The number of carbonyl (C=O) groups excluding carboxylic acids is 2. The van der Waals surface area contributed by atoms with Crippen LogP contribution in [0.1, 0.15) is 94.8 Å². The van der Waals surface area contributed by atoms with E-state index < -0.39 is 32.7 Å². The molecule has 0 aromatic heterocycles. The van der Waals surface area contributed by atoms with Crippen molar-refractivity contribution >= 4 is 67.8 Å². The molecule has 8 nitrogen and oxygen atoms in total. The largest absolute Gasteiger partial charge is 0.506 e. The summed E-state index contributed by atoms with van der Waals surface area (Å²) in [4.78, 5) is 26.0. The number of nitrogens with one attached hydrogen (secondary N) is 2. The zero-order valence-electron chi connectivity index (χ0n) is 26.8. The fourth-order valence-corrected chi connectivity index (χ4v) is 7.53. The van der Waals surface area contributed by atoms with E-state index in [4.69, 9.17) is 39.5 Å². The van der Waals surface area contributed by atoms with Crippen LogP contribution in [0.3, 0.4) is 0 Å². The molecule has 12 heteroatoms. The Bertz CT molecular complexity index is 1580. The number of amides is 2. The maximum absolute atomic E-state index is 13.1. The lowest BCUT2D eigenvalue weighted by Crippen LogP contribution is -2.34. The standard InChI is InChI=1S/C35H43Cl3N2O6S/c1-3-5-6-7-8-9-10-11-12-16-19-46-33-27(37)20-24(21-28(33)38)34(42)40-30-22-26(36)29(23-31(30)41)39-35(43)32(4-2)47(44,45)25-17-14-13-15-18-25/h13-15,17-18,20-23,32,41H,3-12,16,19H2,1-2H3,(H,39,43)(H,40,42). The average molecular weight is 726 g/mol. The third-order valence-electron chi connectivity index (χ3n) is 7.71. The lowest BCUT2D eigenvalue weighted by Gasteiger charge is -2.17. The number of aromatic hydroxyl groups is 1. The van der Waals surface area contributed by atoms with E-state index in [1.807, 2.05) is 0 Å². The molecule has 0 aliphatic heterocycles. The molecule has 0 radical (unpaired) electrons. The number of phenols is 1. The quantitative estimate of drug-likeness (QED) is 0.0835. The maximum Gasteiger partial charge on any atom is 0.255 e. The number of halogens is 3.